The molecule has 1 heterocycles. The Morgan fingerprint density at radius 1 is 0.975 bits per heavy atom. The summed E-state index contributed by atoms with van der Waals surface area (Å²) in [6.45, 7) is 4.25. The second kappa shape index (κ2) is 13.1. The SMILES string of the molecule is CCCNC(=O)C(C)N(Cc1ccc(Cl)cc1)C(=O)CN(c1ccc2c(c1)OCCO2)S(=O)(=O)c1ccccc1. The van der Waals surface area contributed by atoms with Gasteiger partial charge >= 0.3 is 0 Å². The Labute approximate surface area is 239 Å². The predicted molar refractivity (Wildman–Crippen MR) is 153 cm³/mol. The molecule has 3 aromatic rings. The summed E-state index contributed by atoms with van der Waals surface area (Å²) in [4.78, 5) is 28.3. The highest BCUT2D eigenvalue weighted by molar-refractivity contribution is 7.92. The van der Waals surface area contributed by atoms with Gasteiger partial charge in [0.05, 0.1) is 10.6 Å². The summed E-state index contributed by atoms with van der Waals surface area (Å²) < 4.78 is 40.1. The van der Waals surface area contributed by atoms with Gasteiger partial charge in [-0.2, -0.15) is 0 Å². The summed E-state index contributed by atoms with van der Waals surface area (Å²) in [6, 6.07) is 18.7. The number of ether oxygens (including phenoxy) is 2. The largest absolute Gasteiger partial charge is 0.486 e. The number of halogens is 1. The highest BCUT2D eigenvalue weighted by Crippen LogP contribution is 2.36. The molecule has 2 amide bonds. The van der Waals surface area contributed by atoms with Crippen LogP contribution >= 0.6 is 11.6 Å². The minimum absolute atomic E-state index is 0.0238. The summed E-state index contributed by atoms with van der Waals surface area (Å²) >= 11 is 6.04. The maximum Gasteiger partial charge on any atom is 0.264 e. The molecular formula is C29H32ClN3O6S. The van der Waals surface area contributed by atoms with Gasteiger partial charge in [0.15, 0.2) is 11.5 Å². The zero-order valence-corrected chi connectivity index (χ0v) is 24.0. The molecular weight excluding hydrogens is 554 g/mol. The third-order valence-corrected chi connectivity index (χ3v) is 8.45. The molecule has 0 fully saturated rings. The second-order valence-corrected chi connectivity index (χ2v) is 11.6. The Balaban J connectivity index is 1.71. The third-order valence-electron chi connectivity index (χ3n) is 6.41. The fourth-order valence-corrected chi connectivity index (χ4v) is 5.75. The van der Waals surface area contributed by atoms with Gasteiger partial charge in [0, 0.05) is 24.2 Å². The molecule has 1 unspecified atom stereocenters. The molecule has 1 aliphatic heterocycles. The van der Waals surface area contributed by atoms with Gasteiger partial charge in [-0.05, 0) is 55.3 Å². The van der Waals surface area contributed by atoms with Crippen molar-refractivity contribution in [3.8, 4) is 11.5 Å². The van der Waals surface area contributed by atoms with Gasteiger partial charge in [-0.25, -0.2) is 8.42 Å². The van der Waals surface area contributed by atoms with Crippen LogP contribution in [0.25, 0.3) is 0 Å². The van der Waals surface area contributed by atoms with Crippen LogP contribution in [0.1, 0.15) is 25.8 Å². The lowest BCUT2D eigenvalue weighted by atomic mass is 10.1. The van der Waals surface area contributed by atoms with E-state index >= 15 is 0 Å². The van der Waals surface area contributed by atoms with Crippen molar-refractivity contribution >= 4 is 39.1 Å². The molecule has 212 valence electrons. The Morgan fingerprint density at radius 3 is 2.33 bits per heavy atom. The van der Waals surface area contributed by atoms with E-state index in [0.717, 1.165) is 16.3 Å². The number of carbonyl (C=O) groups is 2. The molecule has 0 spiro atoms. The lowest BCUT2D eigenvalue weighted by Gasteiger charge is -2.32. The second-order valence-electron chi connectivity index (χ2n) is 9.27. The van der Waals surface area contributed by atoms with Crippen LogP contribution in [0.2, 0.25) is 5.02 Å². The Morgan fingerprint density at radius 2 is 1.65 bits per heavy atom. The highest BCUT2D eigenvalue weighted by atomic mass is 35.5. The van der Waals surface area contributed by atoms with Gasteiger partial charge < -0.3 is 19.7 Å². The van der Waals surface area contributed by atoms with E-state index in [1.165, 1.54) is 17.0 Å². The topological polar surface area (TPSA) is 105 Å². The molecule has 1 atom stereocenters. The van der Waals surface area contributed by atoms with Crippen LogP contribution in [-0.4, -0.2) is 57.5 Å². The van der Waals surface area contributed by atoms with Crippen LogP contribution in [0.15, 0.2) is 77.7 Å². The minimum atomic E-state index is -4.18. The van der Waals surface area contributed by atoms with Crippen LogP contribution in [0, 0.1) is 0 Å². The average molecular weight is 586 g/mol. The van der Waals surface area contributed by atoms with Crippen LogP contribution in [0.4, 0.5) is 5.69 Å². The van der Waals surface area contributed by atoms with E-state index in [4.69, 9.17) is 21.1 Å². The van der Waals surface area contributed by atoms with Crippen LogP contribution in [-0.2, 0) is 26.2 Å². The first-order valence-corrected chi connectivity index (χ1v) is 14.8. The van der Waals surface area contributed by atoms with Crippen molar-refractivity contribution in [2.45, 2.75) is 37.8 Å². The van der Waals surface area contributed by atoms with Gasteiger partial charge in [0.1, 0.15) is 25.8 Å². The lowest BCUT2D eigenvalue weighted by molar-refractivity contribution is -0.139. The number of benzene rings is 3. The molecule has 0 saturated carbocycles. The number of anilines is 1. The summed E-state index contributed by atoms with van der Waals surface area (Å²) in [7, 11) is -4.18. The fraction of sp³-hybridized carbons (Fsp3) is 0.310. The number of carbonyl (C=O) groups excluding carboxylic acids is 2. The number of nitrogens with zero attached hydrogens (tertiary/aromatic N) is 2. The molecule has 0 aliphatic carbocycles. The number of rotatable bonds is 11. The van der Waals surface area contributed by atoms with E-state index in [2.05, 4.69) is 5.32 Å². The molecule has 1 aliphatic rings. The molecule has 0 saturated heterocycles. The number of hydrogen-bond acceptors (Lipinski definition) is 6. The maximum absolute atomic E-state index is 13.9. The van der Waals surface area contributed by atoms with E-state index < -0.39 is 28.5 Å². The fourth-order valence-electron chi connectivity index (χ4n) is 4.20. The van der Waals surface area contributed by atoms with E-state index in [1.807, 2.05) is 6.92 Å². The van der Waals surface area contributed by atoms with Crippen LogP contribution < -0.4 is 19.1 Å². The van der Waals surface area contributed by atoms with E-state index in [9.17, 15) is 18.0 Å². The van der Waals surface area contributed by atoms with Crippen molar-refractivity contribution in [1.29, 1.82) is 0 Å². The summed E-state index contributed by atoms with van der Waals surface area (Å²) in [5.74, 6) is -0.0109. The van der Waals surface area contributed by atoms with Gasteiger partial charge in [0.2, 0.25) is 11.8 Å². The monoisotopic (exact) mass is 585 g/mol. The standard InChI is InChI=1S/C29H32ClN3O6S/c1-3-15-31-29(35)21(2)32(19-22-9-11-23(30)12-10-22)28(34)20-33(40(36,37)25-7-5-4-6-8-25)24-13-14-26-27(18-24)39-17-16-38-26/h4-14,18,21H,3,15-17,19-20H2,1-2H3,(H,31,35). The first kappa shape index (κ1) is 29.2. The number of nitrogens with one attached hydrogen (secondary N) is 1. The Bertz CT molecular complexity index is 1430. The Kier molecular flexibility index (Phi) is 9.54. The van der Waals surface area contributed by atoms with Gasteiger partial charge in [-0.15, -0.1) is 0 Å². The first-order chi connectivity index (χ1) is 19.2. The minimum Gasteiger partial charge on any atom is -0.486 e. The van der Waals surface area contributed by atoms with Crippen molar-refractivity contribution in [2.24, 2.45) is 0 Å². The maximum atomic E-state index is 13.9. The molecule has 0 aromatic heterocycles. The lowest BCUT2D eigenvalue weighted by Crippen LogP contribution is -2.51. The number of sulfonamides is 1. The van der Waals surface area contributed by atoms with Crippen molar-refractivity contribution in [2.75, 3.05) is 30.6 Å². The normalized spacial score (nSPS) is 13.3. The Hall–Kier alpha value is -3.76. The summed E-state index contributed by atoms with van der Waals surface area (Å²) in [5.41, 5.74) is 0.973. The molecule has 40 heavy (non-hydrogen) atoms. The van der Waals surface area contributed by atoms with E-state index in [0.29, 0.717) is 36.3 Å². The van der Waals surface area contributed by atoms with Gasteiger partial charge in [-0.3, -0.25) is 13.9 Å². The first-order valence-electron chi connectivity index (χ1n) is 13.0. The predicted octanol–water partition coefficient (Wildman–Crippen LogP) is 4.25. The molecule has 0 bridgehead atoms. The number of amides is 2. The number of hydrogen-bond donors (Lipinski definition) is 1. The zero-order chi connectivity index (χ0) is 28.7. The molecule has 11 heteroatoms. The molecule has 3 aromatic carbocycles. The van der Waals surface area contributed by atoms with Gasteiger partial charge in [0.25, 0.3) is 10.0 Å². The van der Waals surface area contributed by atoms with Gasteiger partial charge in [-0.1, -0.05) is 48.9 Å². The van der Waals surface area contributed by atoms with E-state index in [-0.39, 0.29) is 23.0 Å². The highest BCUT2D eigenvalue weighted by Gasteiger charge is 2.33. The third kappa shape index (κ3) is 6.86. The van der Waals surface area contributed by atoms with Crippen LogP contribution in [0.5, 0.6) is 11.5 Å². The van der Waals surface area contributed by atoms with Crippen molar-refractivity contribution < 1.29 is 27.5 Å². The summed E-state index contributed by atoms with van der Waals surface area (Å²) in [5, 5.41) is 3.36. The quantitative estimate of drug-likeness (QED) is 0.361. The molecule has 4 rings (SSSR count). The van der Waals surface area contributed by atoms with Crippen molar-refractivity contribution in [3.63, 3.8) is 0 Å². The molecule has 1 N–H and O–H groups in total. The number of fused-ring (bicyclic) bond motifs is 1. The smallest absolute Gasteiger partial charge is 0.264 e. The average Bonchev–Trinajstić information content (AvgIpc) is 2.98. The zero-order valence-electron chi connectivity index (χ0n) is 22.4. The summed E-state index contributed by atoms with van der Waals surface area (Å²) in [6.07, 6.45) is 0.733. The van der Waals surface area contributed by atoms with Crippen molar-refractivity contribution in [1.82, 2.24) is 10.2 Å². The van der Waals surface area contributed by atoms with E-state index in [1.54, 1.807) is 67.6 Å². The van der Waals surface area contributed by atoms with Crippen molar-refractivity contribution in [3.05, 3.63) is 83.4 Å². The van der Waals surface area contributed by atoms with Crippen LogP contribution in [0.3, 0.4) is 0 Å². The molecule has 9 nitrogen and oxygen atoms in total. The molecule has 0 radical (unpaired) electrons.